The second-order valence-corrected chi connectivity index (χ2v) is 6.08. The third-order valence-electron chi connectivity index (χ3n) is 3.02. The molecule has 0 N–H and O–H groups in total. The summed E-state index contributed by atoms with van der Waals surface area (Å²) in [6.07, 6.45) is -0.101. The van der Waals surface area contributed by atoms with Gasteiger partial charge in [0.25, 0.3) is 0 Å². The molecule has 0 aliphatic heterocycles. The summed E-state index contributed by atoms with van der Waals surface area (Å²) in [6.45, 7) is 0. The molecule has 1 saturated carbocycles. The molecule has 0 aromatic carbocycles. The Morgan fingerprint density at radius 1 is 1.21 bits per heavy atom. The lowest BCUT2D eigenvalue weighted by Gasteiger charge is -2.16. The molecule has 0 saturated heterocycles. The molecule has 0 unspecified atom stereocenters. The van der Waals surface area contributed by atoms with Crippen LogP contribution < -0.4 is 4.90 Å². The van der Waals surface area contributed by atoms with Gasteiger partial charge in [-0.3, -0.25) is 0 Å². The van der Waals surface area contributed by atoms with E-state index in [0.717, 1.165) is 31.7 Å². The molecule has 1 aromatic rings. The largest absolute Gasteiger partial charge is 0.433 e. The molecule has 3 nitrogen and oxygen atoms in total. The van der Waals surface area contributed by atoms with E-state index in [1.165, 1.54) is 11.8 Å². The van der Waals surface area contributed by atoms with Crippen LogP contribution in [0.1, 0.15) is 31.4 Å². The first-order chi connectivity index (χ1) is 8.86. The van der Waals surface area contributed by atoms with E-state index in [1.54, 1.807) is 19.0 Å². The lowest BCUT2D eigenvalue weighted by molar-refractivity contribution is -0.141. The minimum Gasteiger partial charge on any atom is -0.363 e. The standard InChI is InChI=1S/C12H16F3N3S/c1-18(2)10-7-9(12(13,14)15)16-11(17-10)19-8-5-3-4-6-8/h7-8H,3-6H2,1-2H3. The Labute approximate surface area is 114 Å². The van der Waals surface area contributed by atoms with Crippen molar-refractivity contribution in [1.29, 1.82) is 0 Å². The summed E-state index contributed by atoms with van der Waals surface area (Å²) in [5.74, 6) is 0.294. The molecule has 7 heteroatoms. The average molecular weight is 291 g/mol. The molecule has 1 aliphatic carbocycles. The highest BCUT2D eigenvalue weighted by atomic mass is 32.2. The second-order valence-electron chi connectivity index (χ2n) is 4.81. The van der Waals surface area contributed by atoms with Crippen molar-refractivity contribution in [3.05, 3.63) is 11.8 Å². The number of hydrogen-bond donors (Lipinski definition) is 0. The number of aromatic nitrogens is 2. The zero-order valence-corrected chi connectivity index (χ0v) is 11.7. The first-order valence-corrected chi connectivity index (χ1v) is 7.04. The van der Waals surface area contributed by atoms with Gasteiger partial charge in [0.05, 0.1) is 0 Å². The third-order valence-corrected chi connectivity index (χ3v) is 4.21. The molecule has 0 spiro atoms. The maximum absolute atomic E-state index is 12.8. The zero-order chi connectivity index (χ0) is 14.0. The van der Waals surface area contributed by atoms with Crippen LogP contribution in [0.15, 0.2) is 11.2 Å². The van der Waals surface area contributed by atoms with Crippen molar-refractivity contribution in [2.45, 2.75) is 42.3 Å². The summed E-state index contributed by atoms with van der Waals surface area (Å²) < 4.78 is 38.4. The highest BCUT2D eigenvalue weighted by Gasteiger charge is 2.34. The zero-order valence-electron chi connectivity index (χ0n) is 10.9. The minimum absolute atomic E-state index is 0.227. The van der Waals surface area contributed by atoms with Gasteiger partial charge in [0, 0.05) is 25.4 Å². The number of thioether (sulfide) groups is 1. The average Bonchev–Trinajstić information content (AvgIpc) is 2.80. The van der Waals surface area contributed by atoms with Gasteiger partial charge in [-0.05, 0) is 12.8 Å². The first kappa shape index (κ1) is 14.4. The van der Waals surface area contributed by atoms with E-state index in [2.05, 4.69) is 9.97 Å². The van der Waals surface area contributed by atoms with Gasteiger partial charge in [-0.2, -0.15) is 13.2 Å². The monoisotopic (exact) mass is 291 g/mol. The van der Waals surface area contributed by atoms with Crippen LogP contribution in [-0.2, 0) is 6.18 Å². The van der Waals surface area contributed by atoms with Crippen LogP contribution in [0.3, 0.4) is 0 Å². The van der Waals surface area contributed by atoms with E-state index in [-0.39, 0.29) is 5.16 Å². The third kappa shape index (κ3) is 3.75. The van der Waals surface area contributed by atoms with Crippen molar-refractivity contribution >= 4 is 17.6 Å². The molecule has 0 radical (unpaired) electrons. The summed E-state index contributed by atoms with van der Waals surface area (Å²) in [4.78, 5) is 9.40. The van der Waals surface area contributed by atoms with Crippen molar-refractivity contribution in [2.24, 2.45) is 0 Å². The van der Waals surface area contributed by atoms with Crippen molar-refractivity contribution < 1.29 is 13.2 Å². The van der Waals surface area contributed by atoms with Gasteiger partial charge in [0.15, 0.2) is 10.9 Å². The van der Waals surface area contributed by atoms with E-state index >= 15 is 0 Å². The fourth-order valence-electron chi connectivity index (χ4n) is 2.00. The van der Waals surface area contributed by atoms with Gasteiger partial charge >= 0.3 is 6.18 Å². The molecular formula is C12H16F3N3S. The highest BCUT2D eigenvalue weighted by molar-refractivity contribution is 7.99. The number of hydrogen-bond acceptors (Lipinski definition) is 4. The van der Waals surface area contributed by atoms with Crippen LogP contribution in [0, 0.1) is 0 Å². The summed E-state index contributed by atoms with van der Waals surface area (Å²) in [5, 5.41) is 0.573. The number of anilines is 1. The summed E-state index contributed by atoms with van der Waals surface area (Å²) >= 11 is 1.36. The lowest BCUT2D eigenvalue weighted by atomic mass is 10.4. The van der Waals surface area contributed by atoms with Gasteiger partial charge in [-0.25, -0.2) is 9.97 Å². The van der Waals surface area contributed by atoms with Crippen LogP contribution in [-0.4, -0.2) is 29.3 Å². The van der Waals surface area contributed by atoms with Crippen molar-refractivity contribution in [3.8, 4) is 0 Å². The van der Waals surface area contributed by atoms with Gasteiger partial charge in [0.2, 0.25) is 0 Å². The topological polar surface area (TPSA) is 29.0 Å². The summed E-state index contributed by atoms with van der Waals surface area (Å²) in [7, 11) is 3.35. The molecule has 2 rings (SSSR count). The molecule has 1 aliphatic rings. The number of alkyl halides is 3. The minimum atomic E-state index is -4.43. The smallest absolute Gasteiger partial charge is 0.363 e. The van der Waals surface area contributed by atoms with Crippen molar-refractivity contribution in [1.82, 2.24) is 9.97 Å². The molecule has 0 bridgehead atoms. The Hall–Kier alpha value is -0.980. The Bertz CT molecular complexity index is 442. The van der Waals surface area contributed by atoms with Gasteiger partial charge in [-0.1, -0.05) is 24.6 Å². The van der Waals surface area contributed by atoms with Crippen LogP contribution in [0.25, 0.3) is 0 Å². The maximum Gasteiger partial charge on any atom is 0.433 e. The fourth-order valence-corrected chi connectivity index (χ4v) is 3.16. The fraction of sp³-hybridized carbons (Fsp3) is 0.667. The van der Waals surface area contributed by atoms with Crippen LogP contribution in [0.4, 0.5) is 19.0 Å². The highest BCUT2D eigenvalue weighted by Crippen LogP contribution is 2.36. The molecular weight excluding hydrogens is 275 g/mol. The van der Waals surface area contributed by atoms with E-state index in [1.807, 2.05) is 0 Å². The Balaban J connectivity index is 2.28. The van der Waals surface area contributed by atoms with Crippen LogP contribution in [0.2, 0.25) is 0 Å². The lowest BCUT2D eigenvalue weighted by Crippen LogP contribution is -2.16. The number of nitrogens with zero attached hydrogens (tertiary/aromatic N) is 3. The first-order valence-electron chi connectivity index (χ1n) is 6.16. The summed E-state index contributed by atoms with van der Waals surface area (Å²) in [5.41, 5.74) is -0.869. The predicted octanol–water partition coefficient (Wildman–Crippen LogP) is 3.60. The number of halogens is 3. The molecule has 1 heterocycles. The van der Waals surface area contributed by atoms with E-state index in [9.17, 15) is 13.2 Å². The van der Waals surface area contributed by atoms with E-state index < -0.39 is 11.9 Å². The van der Waals surface area contributed by atoms with Crippen LogP contribution in [0.5, 0.6) is 0 Å². The quantitative estimate of drug-likeness (QED) is 0.796. The molecule has 19 heavy (non-hydrogen) atoms. The number of rotatable bonds is 3. The molecule has 106 valence electrons. The molecule has 0 amide bonds. The Kier molecular flexibility index (Phi) is 4.23. The normalized spacial score (nSPS) is 16.9. The van der Waals surface area contributed by atoms with Gasteiger partial charge < -0.3 is 4.90 Å². The Morgan fingerprint density at radius 3 is 2.37 bits per heavy atom. The SMILES string of the molecule is CN(C)c1cc(C(F)(F)F)nc(SC2CCCC2)n1. The maximum atomic E-state index is 12.8. The van der Waals surface area contributed by atoms with Gasteiger partial charge in [0.1, 0.15) is 5.82 Å². The van der Waals surface area contributed by atoms with Crippen molar-refractivity contribution in [2.75, 3.05) is 19.0 Å². The predicted molar refractivity (Wildman–Crippen MR) is 69.5 cm³/mol. The van der Waals surface area contributed by atoms with Crippen LogP contribution >= 0.6 is 11.8 Å². The summed E-state index contributed by atoms with van der Waals surface area (Å²) in [6, 6.07) is 0.985. The van der Waals surface area contributed by atoms with Crippen molar-refractivity contribution in [3.63, 3.8) is 0 Å². The van der Waals surface area contributed by atoms with E-state index in [4.69, 9.17) is 0 Å². The van der Waals surface area contributed by atoms with Gasteiger partial charge in [-0.15, -0.1) is 0 Å². The molecule has 1 fully saturated rings. The van der Waals surface area contributed by atoms with E-state index in [0.29, 0.717) is 11.1 Å². The second kappa shape index (κ2) is 5.56. The Morgan fingerprint density at radius 2 is 1.84 bits per heavy atom. The molecule has 1 aromatic heterocycles. The molecule has 0 atom stereocenters.